The molecule has 5 nitrogen and oxygen atoms in total. The summed E-state index contributed by atoms with van der Waals surface area (Å²) >= 11 is 0. The summed E-state index contributed by atoms with van der Waals surface area (Å²) in [6.07, 6.45) is -1.04. The molecule has 0 aliphatic carbocycles. The first-order valence-corrected chi connectivity index (χ1v) is 5.22. The average molecular weight is 216 g/mol. The number of piperazine rings is 1. The van der Waals surface area contributed by atoms with Gasteiger partial charge in [0.05, 0.1) is 6.04 Å². The van der Waals surface area contributed by atoms with Gasteiger partial charge in [-0.25, -0.2) is 4.79 Å². The fourth-order valence-corrected chi connectivity index (χ4v) is 1.46. The number of nitrogens with zero attached hydrogens (tertiary/aromatic N) is 1. The topological polar surface area (TPSA) is 61.8 Å². The minimum atomic E-state index is -0.675. The number of nitrogens with one attached hydrogen (secondary N) is 1. The summed E-state index contributed by atoms with van der Waals surface area (Å²) in [5, 5.41) is 12.4. The molecule has 1 rings (SSSR count). The number of carbonyl (C=O) groups excluding carboxylic acids is 1. The maximum Gasteiger partial charge on any atom is 0.410 e. The second-order valence-corrected chi connectivity index (χ2v) is 4.81. The lowest BCUT2D eigenvalue weighted by Crippen LogP contribution is -2.59. The maximum absolute atomic E-state index is 11.7. The van der Waals surface area contributed by atoms with Gasteiger partial charge in [0.2, 0.25) is 0 Å². The Kier molecular flexibility index (Phi) is 3.57. The van der Waals surface area contributed by atoms with Crippen LogP contribution in [0.2, 0.25) is 0 Å². The van der Waals surface area contributed by atoms with E-state index in [1.807, 2.05) is 20.8 Å². The monoisotopic (exact) mass is 216 g/mol. The van der Waals surface area contributed by atoms with Gasteiger partial charge in [0.25, 0.3) is 0 Å². The molecular weight excluding hydrogens is 196 g/mol. The van der Waals surface area contributed by atoms with Crippen molar-refractivity contribution in [2.75, 3.05) is 13.1 Å². The molecule has 0 bridgehead atoms. The molecule has 2 N–H and O–H groups in total. The van der Waals surface area contributed by atoms with E-state index in [4.69, 9.17) is 4.74 Å². The van der Waals surface area contributed by atoms with Gasteiger partial charge in [-0.3, -0.25) is 5.32 Å². The van der Waals surface area contributed by atoms with Crippen LogP contribution in [0, 0.1) is 0 Å². The van der Waals surface area contributed by atoms with Crippen molar-refractivity contribution < 1.29 is 14.6 Å². The number of hydrogen-bond acceptors (Lipinski definition) is 4. The van der Waals surface area contributed by atoms with Crippen LogP contribution in [0.3, 0.4) is 0 Å². The quantitative estimate of drug-likeness (QED) is 0.620. The van der Waals surface area contributed by atoms with Crippen LogP contribution in [0.25, 0.3) is 0 Å². The molecule has 1 fully saturated rings. The predicted molar refractivity (Wildman–Crippen MR) is 56.4 cm³/mol. The van der Waals surface area contributed by atoms with E-state index >= 15 is 0 Å². The molecule has 0 aromatic heterocycles. The highest BCUT2D eigenvalue weighted by Crippen LogP contribution is 2.14. The van der Waals surface area contributed by atoms with Gasteiger partial charge in [-0.1, -0.05) is 0 Å². The van der Waals surface area contributed by atoms with Crippen LogP contribution < -0.4 is 5.32 Å². The summed E-state index contributed by atoms with van der Waals surface area (Å²) in [5.74, 6) is 0. The summed E-state index contributed by atoms with van der Waals surface area (Å²) in [7, 11) is 0. The van der Waals surface area contributed by atoms with E-state index in [0.29, 0.717) is 13.1 Å². The number of ether oxygens (including phenoxy) is 1. The van der Waals surface area contributed by atoms with E-state index in [0.717, 1.165) is 0 Å². The maximum atomic E-state index is 11.7. The number of rotatable bonds is 0. The predicted octanol–water partition coefficient (Wildman–Crippen LogP) is 0.534. The van der Waals surface area contributed by atoms with E-state index in [1.54, 1.807) is 11.8 Å². The summed E-state index contributed by atoms with van der Waals surface area (Å²) < 4.78 is 5.24. The summed E-state index contributed by atoms with van der Waals surface area (Å²) in [5.41, 5.74) is -0.493. The van der Waals surface area contributed by atoms with Crippen molar-refractivity contribution in [2.45, 2.75) is 45.6 Å². The third-order valence-corrected chi connectivity index (χ3v) is 2.28. The molecule has 5 heteroatoms. The highest BCUT2D eigenvalue weighted by atomic mass is 16.6. The number of carbonyl (C=O) groups is 1. The molecule has 0 aromatic carbocycles. The first kappa shape index (κ1) is 12.3. The van der Waals surface area contributed by atoms with Gasteiger partial charge in [-0.05, 0) is 27.7 Å². The van der Waals surface area contributed by atoms with Crippen molar-refractivity contribution in [3.8, 4) is 0 Å². The van der Waals surface area contributed by atoms with Gasteiger partial charge in [0.15, 0.2) is 0 Å². The van der Waals surface area contributed by atoms with Gasteiger partial charge >= 0.3 is 6.09 Å². The minimum Gasteiger partial charge on any atom is -0.444 e. The smallest absolute Gasteiger partial charge is 0.410 e. The van der Waals surface area contributed by atoms with Crippen molar-refractivity contribution in [3.63, 3.8) is 0 Å². The van der Waals surface area contributed by atoms with E-state index in [9.17, 15) is 9.90 Å². The van der Waals surface area contributed by atoms with Crippen LogP contribution in [0.15, 0.2) is 0 Å². The van der Waals surface area contributed by atoms with Crippen molar-refractivity contribution in [1.29, 1.82) is 0 Å². The fourth-order valence-electron chi connectivity index (χ4n) is 1.46. The van der Waals surface area contributed by atoms with Gasteiger partial charge in [0.1, 0.15) is 11.8 Å². The van der Waals surface area contributed by atoms with Crippen LogP contribution in [0.5, 0.6) is 0 Å². The first-order valence-electron chi connectivity index (χ1n) is 5.22. The molecule has 0 aromatic rings. The highest BCUT2D eigenvalue weighted by Gasteiger charge is 2.32. The molecule has 1 aliphatic rings. The second-order valence-electron chi connectivity index (χ2n) is 4.81. The molecule has 88 valence electrons. The van der Waals surface area contributed by atoms with Crippen LogP contribution in [-0.4, -0.2) is 47.1 Å². The van der Waals surface area contributed by atoms with Crippen molar-refractivity contribution in [2.24, 2.45) is 0 Å². The van der Waals surface area contributed by atoms with Gasteiger partial charge in [0, 0.05) is 13.1 Å². The number of aliphatic hydroxyl groups excluding tert-OH is 1. The van der Waals surface area contributed by atoms with Crippen molar-refractivity contribution in [3.05, 3.63) is 0 Å². The molecule has 2 atom stereocenters. The van der Waals surface area contributed by atoms with Gasteiger partial charge in [-0.2, -0.15) is 0 Å². The summed E-state index contributed by atoms with van der Waals surface area (Å²) in [6.45, 7) is 8.43. The molecular formula is C10H20N2O3. The van der Waals surface area contributed by atoms with Crippen molar-refractivity contribution in [1.82, 2.24) is 10.2 Å². The lowest BCUT2D eigenvalue weighted by Gasteiger charge is -2.38. The molecule has 1 amide bonds. The molecule has 0 saturated carbocycles. The third kappa shape index (κ3) is 3.35. The molecule has 1 aliphatic heterocycles. The summed E-state index contributed by atoms with van der Waals surface area (Å²) in [4.78, 5) is 13.3. The van der Waals surface area contributed by atoms with Gasteiger partial charge in [-0.15, -0.1) is 0 Å². The Balaban J connectivity index is 2.59. The molecule has 1 heterocycles. The Morgan fingerprint density at radius 3 is 2.67 bits per heavy atom. The van der Waals surface area contributed by atoms with Crippen LogP contribution in [0.4, 0.5) is 4.79 Å². The van der Waals surface area contributed by atoms with Crippen LogP contribution >= 0.6 is 0 Å². The molecule has 0 spiro atoms. The van der Waals surface area contributed by atoms with E-state index in [-0.39, 0.29) is 12.1 Å². The Labute approximate surface area is 90.4 Å². The Bertz CT molecular complexity index is 237. The largest absolute Gasteiger partial charge is 0.444 e. The SMILES string of the molecule is CC1C(O)NCCN1C(=O)OC(C)(C)C. The zero-order valence-corrected chi connectivity index (χ0v) is 9.78. The highest BCUT2D eigenvalue weighted by molar-refractivity contribution is 5.68. The molecule has 2 unspecified atom stereocenters. The number of hydrogen-bond donors (Lipinski definition) is 2. The van der Waals surface area contributed by atoms with Crippen LogP contribution in [0.1, 0.15) is 27.7 Å². The molecule has 15 heavy (non-hydrogen) atoms. The Morgan fingerprint density at radius 1 is 1.53 bits per heavy atom. The van der Waals surface area contributed by atoms with E-state index in [1.165, 1.54) is 0 Å². The van der Waals surface area contributed by atoms with E-state index < -0.39 is 11.8 Å². The Hall–Kier alpha value is -0.810. The molecule has 1 saturated heterocycles. The molecule has 0 radical (unpaired) electrons. The van der Waals surface area contributed by atoms with Gasteiger partial charge < -0.3 is 14.7 Å². The lowest BCUT2D eigenvalue weighted by molar-refractivity contribution is -0.0243. The Morgan fingerprint density at radius 2 is 2.13 bits per heavy atom. The van der Waals surface area contributed by atoms with Crippen molar-refractivity contribution >= 4 is 6.09 Å². The number of amides is 1. The first-order chi connectivity index (χ1) is 6.81. The normalized spacial score (nSPS) is 27.7. The second kappa shape index (κ2) is 4.37. The zero-order chi connectivity index (χ0) is 11.6. The standard InChI is InChI=1S/C10H20N2O3/c1-7-8(13)11-5-6-12(7)9(14)15-10(2,3)4/h7-8,11,13H,5-6H2,1-4H3. The summed E-state index contributed by atoms with van der Waals surface area (Å²) in [6, 6.07) is -0.256. The van der Waals surface area contributed by atoms with E-state index in [2.05, 4.69) is 5.32 Å². The minimum absolute atomic E-state index is 0.256. The average Bonchev–Trinajstić information content (AvgIpc) is 2.06. The zero-order valence-electron chi connectivity index (χ0n) is 9.78. The fraction of sp³-hybridized carbons (Fsp3) is 0.900. The lowest BCUT2D eigenvalue weighted by atomic mass is 10.2. The third-order valence-electron chi connectivity index (χ3n) is 2.28. The van der Waals surface area contributed by atoms with Crippen LogP contribution in [-0.2, 0) is 4.74 Å². The number of aliphatic hydroxyl groups is 1.